The van der Waals surface area contributed by atoms with Gasteiger partial charge in [0.15, 0.2) is 17.5 Å². The summed E-state index contributed by atoms with van der Waals surface area (Å²) in [5.41, 5.74) is 6.12. The lowest BCUT2D eigenvalue weighted by Crippen LogP contribution is -2.03. The molecule has 10 aromatic rings. The molecule has 0 aliphatic carbocycles. The molecular weight excluding hydrogens is 597 g/mol. The van der Waals surface area contributed by atoms with Crippen molar-refractivity contribution in [1.29, 1.82) is 0 Å². The molecule has 0 unspecified atom stereocenters. The number of rotatable bonds is 4. The van der Waals surface area contributed by atoms with E-state index in [0.717, 1.165) is 33.4 Å². The Morgan fingerprint density at radius 2 is 0.857 bits per heavy atom. The van der Waals surface area contributed by atoms with Gasteiger partial charge >= 0.3 is 0 Å². The predicted molar refractivity (Wildman–Crippen MR) is 203 cm³/mol. The molecule has 228 valence electrons. The van der Waals surface area contributed by atoms with Crippen LogP contribution in [0.15, 0.2) is 170 Å². The number of fused-ring (bicyclic) bond motifs is 9. The Labute approximate surface area is 282 Å². The van der Waals surface area contributed by atoms with Crippen LogP contribution in [0.2, 0.25) is 0 Å². The Hall–Kier alpha value is -6.65. The van der Waals surface area contributed by atoms with Gasteiger partial charge in [-0.25, -0.2) is 15.0 Å². The van der Waals surface area contributed by atoms with Gasteiger partial charge in [-0.2, -0.15) is 0 Å². The molecule has 0 saturated heterocycles. The molecule has 10 rings (SSSR count). The van der Waals surface area contributed by atoms with E-state index < -0.39 is 0 Å². The van der Waals surface area contributed by atoms with Gasteiger partial charge < -0.3 is 4.57 Å². The molecule has 0 N–H and O–H groups in total. The summed E-state index contributed by atoms with van der Waals surface area (Å²) < 4.78 is 2.39. The fourth-order valence-electron chi connectivity index (χ4n) is 7.42. The molecule has 0 fully saturated rings. The predicted octanol–water partition coefficient (Wildman–Crippen LogP) is 11.4. The Balaban J connectivity index is 1.30. The second-order valence-electron chi connectivity index (χ2n) is 12.4. The van der Waals surface area contributed by atoms with Crippen molar-refractivity contribution < 1.29 is 0 Å². The molecule has 0 spiro atoms. The topological polar surface area (TPSA) is 43.6 Å². The van der Waals surface area contributed by atoms with Crippen molar-refractivity contribution in [3.05, 3.63) is 170 Å². The van der Waals surface area contributed by atoms with Gasteiger partial charge in [-0.3, -0.25) is 0 Å². The first kappa shape index (κ1) is 27.5. The van der Waals surface area contributed by atoms with Crippen molar-refractivity contribution in [3.8, 4) is 39.9 Å². The maximum atomic E-state index is 5.12. The third-order valence-electron chi connectivity index (χ3n) is 9.61. The molecule has 4 nitrogen and oxygen atoms in total. The summed E-state index contributed by atoms with van der Waals surface area (Å²) in [6.07, 6.45) is 0. The lowest BCUT2D eigenvalue weighted by molar-refractivity contribution is 1.06. The average molecular weight is 625 g/mol. The molecular formula is C45H28N4. The summed E-state index contributed by atoms with van der Waals surface area (Å²) in [5, 5.41) is 9.99. The Kier molecular flexibility index (Phi) is 6.15. The van der Waals surface area contributed by atoms with E-state index in [0.29, 0.717) is 17.5 Å². The molecule has 0 saturated carbocycles. The van der Waals surface area contributed by atoms with Crippen molar-refractivity contribution in [2.45, 2.75) is 0 Å². The largest absolute Gasteiger partial charge is 0.308 e. The van der Waals surface area contributed by atoms with Crippen LogP contribution in [0.25, 0.3) is 94.0 Å². The van der Waals surface area contributed by atoms with Gasteiger partial charge in [-0.1, -0.05) is 146 Å². The van der Waals surface area contributed by atoms with Gasteiger partial charge in [-0.05, 0) is 51.2 Å². The summed E-state index contributed by atoms with van der Waals surface area (Å²) in [4.78, 5) is 15.2. The number of benzene rings is 8. The summed E-state index contributed by atoms with van der Waals surface area (Å²) >= 11 is 0. The first-order valence-electron chi connectivity index (χ1n) is 16.5. The third-order valence-corrected chi connectivity index (χ3v) is 9.61. The Morgan fingerprint density at radius 1 is 0.327 bits per heavy atom. The Bertz CT molecular complexity index is 2810. The fraction of sp³-hybridized carbons (Fsp3) is 0. The van der Waals surface area contributed by atoms with E-state index in [1.807, 2.05) is 60.7 Å². The zero-order chi connectivity index (χ0) is 32.3. The molecule has 0 atom stereocenters. The average Bonchev–Trinajstić information content (AvgIpc) is 3.52. The number of hydrogen-bond donors (Lipinski definition) is 0. The third kappa shape index (κ3) is 4.35. The van der Waals surface area contributed by atoms with Crippen molar-refractivity contribution >= 4 is 54.1 Å². The normalized spacial score (nSPS) is 11.7. The lowest BCUT2D eigenvalue weighted by Gasteiger charge is -2.15. The van der Waals surface area contributed by atoms with Gasteiger partial charge in [0, 0.05) is 32.8 Å². The molecule has 2 heterocycles. The molecule has 0 aliphatic rings. The summed E-state index contributed by atoms with van der Waals surface area (Å²) in [7, 11) is 0. The maximum absolute atomic E-state index is 5.12. The summed E-state index contributed by atoms with van der Waals surface area (Å²) in [6.45, 7) is 0. The van der Waals surface area contributed by atoms with Crippen molar-refractivity contribution in [2.24, 2.45) is 0 Å². The van der Waals surface area contributed by atoms with E-state index in [2.05, 4.69) is 114 Å². The van der Waals surface area contributed by atoms with E-state index in [-0.39, 0.29) is 0 Å². The van der Waals surface area contributed by atoms with E-state index in [9.17, 15) is 0 Å². The first-order valence-corrected chi connectivity index (χ1v) is 16.5. The molecule has 49 heavy (non-hydrogen) atoms. The number of nitrogens with zero attached hydrogens (tertiary/aromatic N) is 4. The van der Waals surface area contributed by atoms with E-state index >= 15 is 0 Å². The molecule has 8 aromatic carbocycles. The number of para-hydroxylation sites is 2. The zero-order valence-electron chi connectivity index (χ0n) is 26.5. The van der Waals surface area contributed by atoms with Crippen LogP contribution in [-0.2, 0) is 0 Å². The highest BCUT2D eigenvalue weighted by Gasteiger charge is 2.21. The standard InChI is InChI=1S/C45H28N4/c1-3-14-32(15-4-1)43-46-44(33-16-5-2-6-17-33)48-45(47-43)36-20-10-12-22-38(36)49-37-21-11-9-19-35(37)42-39(49)28-27-31-26-25-30-24-23-29-13-7-8-18-34(29)40(30)41(31)42/h1-28H. The van der Waals surface area contributed by atoms with Crippen LogP contribution >= 0.6 is 0 Å². The van der Waals surface area contributed by atoms with Gasteiger partial charge in [0.2, 0.25) is 0 Å². The van der Waals surface area contributed by atoms with Crippen LogP contribution < -0.4 is 0 Å². The van der Waals surface area contributed by atoms with Gasteiger partial charge in [0.25, 0.3) is 0 Å². The van der Waals surface area contributed by atoms with Gasteiger partial charge in [0.05, 0.1) is 16.7 Å². The minimum Gasteiger partial charge on any atom is -0.308 e. The van der Waals surface area contributed by atoms with Gasteiger partial charge in [-0.15, -0.1) is 0 Å². The Morgan fingerprint density at radius 3 is 1.59 bits per heavy atom. The van der Waals surface area contributed by atoms with Crippen LogP contribution in [0.1, 0.15) is 0 Å². The SMILES string of the molecule is c1ccc(-c2nc(-c3ccccc3)nc(-c3ccccc3-n3c4ccccc4c4c5c(ccc6ccc7ccccc7c65)ccc43)n2)cc1. The molecule has 0 aliphatic heterocycles. The smallest absolute Gasteiger partial charge is 0.166 e. The highest BCUT2D eigenvalue weighted by atomic mass is 15.1. The minimum atomic E-state index is 0.631. The summed E-state index contributed by atoms with van der Waals surface area (Å²) in [5.74, 6) is 1.92. The fourth-order valence-corrected chi connectivity index (χ4v) is 7.42. The highest BCUT2D eigenvalue weighted by Crippen LogP contribution is 2.43. The van der Waals surface area contributed by atoms with Crippen molar-refractivity contribution in [3.63, 3.8) is 0 Å². The second-order valence-corrected chi connectivity index (χ2v) is 12.4. The van der Waals surface area contributed by atoms with E-state index in [4.69, 9.17) is 15.0 Å². The summed E-state index contributed by atoms with van der Waals surface area (Å²) in [6, 6.07) is 59.7. The quantitative estimate of drug-likeness (QED) is 0.183. The maximum Gasteiger partial charge on any atom is 0.166 e. The molecule has 4 heteroatoms. The van der Waals surface area contributed by atoms with Crippen LogP contribution in [-0.4, -0.2) is 19.5 Å². The van der Waals surface area contributed by atoms with E-state index in [1.165, 1.54) is 43.1 Å². The monoisotopic (exact) mass is 624 g/mol. The number of hydrogen-bond acceptors (Lipinski definition) is 3. The van der Waals surface area contributed by atoms with Crippen LogP contribution in [0.4, 0.5) is 0 Å². The number of aromatic nitrogens is 4. The molecule has 0 amide bonds. The lowest BCUT2D eigenvalue weighted by atomic mass is 9.93. The van der Waals surface area contributed by atoms with Gasteiger partial charge in [0.1, 0.15) is 0 Å². The minimum absolute atomic E-state index is 0.631. The second kappa shape index (κ2) is 11.0. The molecule has 0 radical (unpaired) electrons. The zero-order valence-corrected chi connectivity index (χ0v) is 26.5. The van der Waals surface area contributed by atoms with Crippen LogP contribution in [0.3, 0.4) is 0 Å². The van der Waals surface area contributed by atoms with Crippen LogP contribution in [0, 0.1) is 0 Å². The van der Waals surface area contributed by atoms with E-state index in [1.54, 1.807) is 0 Å². The van der Waals surface area contributed by atoms with Crippen molar-refractivity contribution in [2.75, 3.05) is 0 Å². The van der Waals surface area contributed by atoms with Crippen LogP contribution in [0.5, 0.6) is 0 Å². The first-order chi connectivity index (χ1) is 24.3. The molecule has 2 aromatic heterocycles. The van der Waals surface area contributed by atoms with Crippen molar-refractivity contribution in [1.82, 2.24) is 19.5 Å². The highest BCUT2D eigenvalue weighted by molar-refractivity contribution is 6.32. The molecule has 0 bridgehead atoms.